The molecule has 0 radical (unpaired) electrons. The Morgan fingerprint density at radius 2 is 2.36 bits per heavy atom. The average molecular weight is 221 g/mol. The van der Waals surface area contributed by atoms with E-state index in [2.05, 4.69) is 10.3 Å². The maximum absolute atomic E-state index is 11.8. The van der Waals surface area contributed by atoms with Crippen LogP contribution in [0.25, 0.3) is 0 Å². The Kier molecular flexibility index (Phi) is 3.43. The number of nitrogens with one attached hydrogen (secondary N) is 1. The highest BCUT2D eigenvalue weighted by atomic mass is 32.1. The molecular formula is C7H6F3N3S. The molecule has 1 aromatic heterocycles. The summed E-state index contributed by atoms with van der Waals surface area (Å²) in [5, 5.41) is 10.7. The van der Waals surface area contributed by atoms with Crippen LogP contribution in [0.15, 0.2) is 11.7 Å². The second kappa shape index (κ2) is 4.39. The number of hydrogen-bond acceptors (Lipinski definition) is 4. The lowest BCUT2D eigenvalue weighted by Gasteiger charge is -2.11. The van der Waals surface area contributed by atoms with Gasteiger partial charge in [0.2, 0.25) is 0 Å². The number of alkyl halides is 3. The van der Waals surface area contributed by atoms with E-state index in [-0.39, 0.29) is 0 Å². The normalized spacial score (nSPS) is 13.6. The van der Waals surface area contributed by atoms with E-state index in [0.717, 1.165) is 11.3 Å². The minimum atomic E-state index is -4.31. The van der Waals surface area contributed by atoms with Gasteiger partial charge in [0.25, 0.3) is 0 Å². The van der Waals surface area contributed by atoms with Crippen molar-refractivity contribution in [1.82, 2.24) is 10.3 Å². The van der Waals surface area contributed by atoms with Crippen molar-refractivity contribution >= 4 is 11.3 Å². The van der Waals surface area contributed by atoms with E-state index in [0.29, 0.717) is 4.88 Å². The largest absolute Gasteiger partial charge is 0.401 e. The van der Waals surface area contributed by atoms with Gasteiger partial charge in [-0.3, -0.25) is 10.3 Å². The van der Waals surface area contributed by atoms with Crippen LogP contribution in [0.2, 0.25) is 0 Å². The Hall–Kier alpha value is -1.13. The number of hydrogen-bond donors (Lipinski definition) is 1. The zero-order valence-corrected chi connectivity index (χ0v) is 7.69. The zero-order chi connectivity index (χ0) is 10.6. The van der Waals surface area contributed by atoms with Crippen molar-refractivity contribution in [2.24, 2.45) is 0 Å². The molecule has 1 aromatic rings. The van der Waals surface area contributed by atoms with Gasteiger partial charge < -0.3 is 0 Å². The van der Waals surface area contributed by atoms with Crippen molar-refractivity contribution in [1.29, 1.82) is 5.26 Å². The number of aromatic nitrogens is 1. The van der Waals surface area contributed by atoms with Crippen LogP contribution in [0.5, 0.6) is 0 Å². The van der Waals surface area contributed by atoms with E-state index in [4.69, 9.17) is 5.26 Å². The SMILES string of the molecule is N#CC(NCC(F)(F)F)c1cncs1. The van der Waals surface area contributed by atoms with E-state index in [1.807, 2.05) is 0 Å². The molecule has 1 rings (SSSR count). The van der Waals surface area contributed by atoms with Gasteiger partial charge in [0, 0.05) is 6.20 Å². The van der Waals surface area contributed by atoms with Crippen LogP contribution >= 0.6 is 11.3 Å². The molecular weight excluding hydrogens is 215 g/mol. The van der Waals surface area contributed by atoms with Gasteiger partial charge in [-0.1, -0.05) is 0 Å². The quantitative estimate of drug-likeness (QED) is 0.847. The molecule has 1 heterocycles. The first-order valence-corrected chi connectivity index (χ1v) is 4.49. The molecule has 7 heteroatoms. The summed E-state index contributed by atoms with van der Waals surface area (Å²) < 4.78 is 35.4. The van der Waals surface area contributed by atoms with E-state index in [9.17, 15) is 13.2 Å². The molecule has 0 saturated heterocycles. The summed E-state index contributed by atoms with van der Waals surface area (Å²) >= 11 is 1.14. The lowest BCUT2D eigenvalue weighted by atomic mass is 10.3. The number of nitrogens with zero attached hydrogens (tertiary/aromatic N) is 2. The zero-order valence-electron chi connectivity index (χ0n) is 6.88. The fraction of sp³-hybridized carbons (Fsp3) is 0.429. The molecule has 0 spiro atoms. The molecule has 1 atom stereocenters. The maximum atomic E-state index is 11.8. The maximum Gasteiger partial charge on any atom is 0.401 e. The standard InChI is InChI=1S/C7H6F3N3S/c8-7(9,10)3-13-5(1-11)6-2-12-4-14-6/h2,4-5,13H,3H2. The van der Waals surface area contributed by atoms with E-state index < -0.39 is 18.8 Å². The molecule has 0 aliphatic heterocycles. The number of halogens is 3. The van der Waals surface area contributed by atoms with Crippen molar-refractivity contribution in [2.75, 3.05) is 6.54 Å². The molecule has 76 valence electrons. The summed E-state index contributed by atoms with van der Waals surface area (Å²) in [4.78, 5) is 4.16. The van der Waals surface area contributed by atoms with Crippen molar-refractivity contribution in [2.45, 2.75) is 12.2 Å². The predicted octanol–water partition coefficient (Wildman–Crippen LogP) is 1.86. The van der Waals surface area contributed by atoms with Crippen LogP contribution in [0.1, 0.15) is 10.9 Å². The summed E-state index contributed by atoms with van der Waals surface area (Å²) in [5.74, 6) is 0. The van der Waals surface area contributed by atoms with Crippen LogP contribution in [0, 0.1) is 11.3 Å². The second-order valence-corrected chi connectivity index (χ2v) is 3.38. The smallest absolute Gasteiger partial charge is 0.289 e. The van der Waals surface area contributed by atoms with E-state index in [1.54, 1.807) is 6.07 Å². The molecule has 14 heavy (non-hydrogen) atoms. The number of rotatable bonds is 3. The van der Waals surface area contributed by atoms with Crippen molar-refractivity contribution in [3.8, 4) is 6.07 Å². The Labute approximate surface area is 82.2 Å². The van der Waals surface area contributed by atoms with Crippen LogP contribution in [0.4, 0.5) is 13.2 Å². The second-order valence-electron chi connectivity index (χ2n) is 2.46. The molecule has 0 bridgehead atoms. The van der Waals surface area contributed by atoms with Crippen LogP contribution < -0.4 is 5.32 Å². The Balaban J connectivity index is 2.54. The first-order chi connectivity index (χ1) is 6.53. The van der Waals surface area contributed by atoms with Gasteiger partial charge in [0.15, 0.2) is 0 Å². The van der Waals surface area contributed by atoms with Gasteiger partial charge in [-0.2, -0.15) is 18.4 Å². The Morgan fingerprint density at radius 3 is 2.79 bits per heavy atom. The molecule has 1 N–H and O–H groups in total. The third-order valence-electron chi connectivity index (χ3n) is 1.37. The van der Waals surface area contributed by atoms with Gasteiger partial charge in [0.1, 0.15) is 6.04 Å². The van der Waals surface area contributed by atoms with Gasteiger partial charge in [-0.25, -0.2) is 0 Å². The first kappa shape index (κ1) is 10.9. The molecule has 0 fully saturated rings. The van der Waals surface area contributed by atoms with Gasteiger partial charge in [-0.05, 0) is 0 Å². The molecule has 1 unspecified atom stereocenters. The third-order valence-corrected chi connectivity index (χ3v) is 2.21. The molecule has 0 aliphatic rings. The van der Waals surface area contributed by atoms with Crippen LogP contribution in [-0.2, 0) is 0 Å². The highest BCUT2D eigenvalue weighted by Gasteiger charge is 2.28. The lowest BCUT2D eigenvalue weighted by molar-refractivity contribution is -0.125. The molecule has 0 amide bonds. The van der Waals surface area contributed by atoms with Crippen LogP contribution in [-0.4, -0.2) is 17.7 Å². The molecule has 0 aromatic carbocycles. The third kappa shape index (κ3) is 3.32. The van der Waals surface area contributed by atoms with E-state index >= 15 is 0 Å². The van der Waals surface area contributed by atoms with E-state index in [1.165, 1.54) is 11.7 Å². The Bertz CT molecular complexity index is 314. The highest BCUT2D eigenvalue weighted by molar-refractivity contribution is 7.09. The molecule has 3 nitrogen and oxygen atoms in total. The monoisotopic (exact) mass is 221 g/mol. The summed E-state index contributed by atoms with van der Waals surface area (Å²) in [7, 11) is 0. The lowest BCUT2D eigenvalue weighted by Crippen LogP contribution is -2.31. The summed E-state index contributed by atoms with van der Waals surface area (Å²) in [6.45, 7) is -1.18. The van der Waals surface area contributed by atoms with Crippen molar-refractivity contribution in [3.05, 3.63) is 16.6 Å². The van der Waals surface area contributed by atoms with Crippen LogP contribution in [0.3, 0.4) is 0 Å². The van der Waals surface area contributed by atoms with Gasteiger partial charge in [-0.15, -0.1) is 11.3 Å². The first-order valence-electron chi connectivity index (χ1n) is 3.61. The fourth-order valence-corrected chi connectivity index (χ4v) is 1.43. The summed E-state index contributed by atoms with van der Waals surface area (Å²) in [6, 6.07) is 0.796. The van der Waals surface area contributed by atoms with Crippen molar-refractivity contribution < 1.29 is 13.2 Å². The Morgan fingerprint density at radius 1 is 1.64 bits per heavy atom. The fourth-order valence-electron chi connectivity index (χ4n) is 0.796. The number of thiazole rings is 1. The minimum absolute atomic E-state index is 0.483. The molecule has 0 aliphatic carbocycles. The number of nitriles is 1. The summed E-state index contributed by atoms with van der Waals surface area (Å²) in [5.41, 5.74) is 1.47. The summed E-state index contributed by atoms with van der Waals surface area (Å²) in [6.07, 6.45) is -2.93. The average Bonchev–Trinajstić information content (AvgIpc) is 2.56. The van der Waals surface area contributed by atoms with Gasteiger partial charge >= 0.3 is 6.18 Å². The highest BCUT2D eigenvalue weighted by Crippen LogP contribution is 2.19. The topological polar surface area (TPSA) is 48.7 Å². The minimum Gasteiger partial charge on any atom is -0.289 e. The molecule has 0 saturated carbocycles. The van der Waals surface area contributed by atoms with Crippen molar-refractivity contribution in [3.63, 3.8) is 0 Å². The van der Waals surface area contributed by atoms with Gasteiger partial charge in [0.05, 0.1) is 23.0 Å². The predicted molar refractivity (Wildman–Crippen MR) is 44.5 cm³/mol.